The van der Waals surface area contributed by atoms with Gasteiger partial charge >= 0.3 is 0 Å². The van der Waals surface area contributed by atoms with Gasteiger partial charge in [0, 0.05) is 10.4 Å². The van der Waals surface area contributed by atoms with Crippen LogP contribution >= 0.6 is 11.6 Å². The minimum absolute atomic E-state index is 0.0424. The van der Waals surface area contributed by atoms with Crippen LogP contribution in [0.25, 0.3) is 11.0 Å². The fraction of sp³-hybridized carbons (Fsp3) is 0.176. The molecule has 0 unspecified atom stereocenters. The van der Waals surface area contributed by atoms with Crippen LogP contribution in [0, 0.1) is 13.8 Å². The highest BCUT2D eigenvalue weighted by Gasteiger charge is 2.15. The molecule has 1 aromatic heterocycles. The Morgan fingerprint density at radius 1 is 1.26 bits per heavy atom. The van der Waals surface area contributed by atoms with Crippen LogP contribution < -0.4 is 5.32 Å². The molecule has 23 heavy (non-hydrogen) atoms. The summed E-state index contributed by atoms with van der Waals surface area (Å²) < 4.78 is 5.28. The van der Waals surface area contributed by atoms with Crippen LogP contribution in [0.15, 0.2) is 34.9 Å². The molecule has 0 spiro atoms. The summed E-state index contributed by atoms with van der Waals surface area (Å²) in [6.07, 6.45) is 0.0431. The second kappa shape index (κ2) is 5.93. The summed E-state index contributed by atoms with van der Waals surface area (Å²) in [7, 11) is 0. The number of fused-ring (bicyclic) bond motifs is 1. The predicted molar refractivity (Wildman–Crippen MR) is 88.9 cm³/mol. The van der Waals surface area contributed by atoms with Crippen LogP contribution in [0.3, 0.4) is 0 Å². The van der Waals surface area contributed by atoms with Crippen molar-refractivity contribution < 1.29 is 14.4 Å². The van der Waals surface area contributed by atoms with Crippen molar-refractivity contribution in [3.05, 3.63) is 52.2 Å². The summed E-state index contributed by atoms with van der Waals surface area (Å²) in [5, 5.41) is 17.6. The van der Waals surface area contributed by atoms with Gasteiger partial charge in [-0.25, -0.2) is 0 Å². The molecule has 0 saturated heterocycles. The zero-order valence-electron chi connectivity index (χ0n) is 12.7. The van der Waals surface area contributed by atoms with Crippen molar-refractivity contribution in [2.75, 3.05) is 5.32 Å². The number of rotatable bonds is 3. The van der Waals surface area contributed by atoms with Gasteiger partial charge in [0.05, 0.1) is 12.1 Å². The third kappa shape index (κ3) is 3.14. The van der Waals surface area contributed by atoms with E-state index >= 15 is 0 Å². The van der Waals surface area contributed by atoms with E-state index in [-0.39, 0.29) is 23.8 Å². The van der Waals surface area contributed by atoms with Gasteiger partial charge in [0.2, 0.25) is 5.91 Å². The van der Waals surface area contributed by atoms with E-state index in [0.717, 1.165) is 16.5 Å². The van der Waals surface area contributed by atoms with Crippen molar-refractivity contribution in [1.82, 2.24) is 5.16 Å². The Hall–Kier alpha value is -2.53. The lowest BCUT2D eigenvalue weighted by molar-refractivity contribution is -0.115. The molecule has 3 rings (SSSR count). The Morgan fingerprint density at radius 2 is 2.00 bits per heavy atom. The Bertz CT molecular complexity index is 902. The van der Waals surface area contributed by atoms with E-state index in [1.807, 2.05) is 26.0 Å². The highest BCUT2D eigenvalue weighted by atomic mass is 35.5. The van der Waals surface area contributed by atoms with Gasteiger partial charge in [-0.3, -0.25) is 4.79 Å². The summed E-state index contributed by atoms with van der Waals surface area (Å²) in [6, 6.07) is 8.32. The van der Waals surface area contributed by atoms with Gasteiger partial charge in [-0.05, 0) is 55.3 Å². The molecule has 0 aliphatic heterocycles. The average molecular weight is 331 g/mol. The summed E-state index contributed by atoms with van der Waals surface area (Å²) in [6.45, 7) is 3.99. The number of carbonyl (C=O) groups is 1. The maximum Gasteiger partial charge on any atom is 0.230 e. The summed E-state index contributed by atoms with van der Waals surface area (Å²) in [4.78, 5) is 12.2. The van der Waals surface area contributed by atoms with E-state index in [1.54, 1.807) is 6.07 Å². The first-order valence-electron chi connectivity index (χ1n) is 7.08. The minimum atomic E-state index is -0.309. The van der Waals surface area contributed by atoms with E-state index in [1.165, 1.54) is 12.1 Å². The number of aromatic hydroxyl groups is 1. The number of nitrogens with zero attached hydrogens (tertiary/aromatic N) is 1. The number of phenolic OH excluding ortho intramolecular Hbond substituents is 1. The second-order valence-electron chi connectivity index (χ2n) is 5.45. The van der Waals surface area contributed by atoms with E-state index in [9.17, 15) is 9.90 Å². The molecule has 118 valence electrons. The fourth-order valence-electron chi connectivity index (χ4n) is 2.33. The maximum atomic E-state index is 12.2. The number of aryl methyl sites for hydroxylation is 2. The molecule has 3 aromatic rings. The van der Waals surface area contributed by atoms with Crippen molar-refractivity contribution in [3.8, 4) is 5.75 Å². The van der Waals surface area contributed by atoms with Crippen LogP contribution in [0.2, 0.25) is 5.02 Å². The molecule has 0 atom stereocenters. The van der Waals surface area contributed by atoms with Gasteiger partial charge in [-0.15, -0.1) is 0 Å². The number of hydrogen-bond donors (Lipinski definition) is 2. The van der Waals surface area contributed by atoms with Crippen LogP contribution in [-0.4, -0.2) is 16.2 Å². The number of carbonyl (C=O) groups excluding carboxylic acids is 1. The van der Waals surface area contributed by atoms with E-state index in [4.69, 9.17) is 16.1 Å². The van der Waals surface area contributed by atoms with Crippen LogP contribution in [0.5, 0.6) is 5.75 Å². The highest BCUT2D eigenvalue weighted by molar-refractivity contribution is 6.31. The van der Waals surface area contributed by atoms with Gasteiger partial charge in [0.15, 0.2) is 5.58 Å². The number of benzene rings is 2. The number of anilines is 1. The minimum Gasteiger partial charge on any atom is -0.506 e. The molecule has 0 bridgehead atoms. The lowest BCUT2D eigenvalue weighted by atomic mass is 10.1. The first-order valence-corrected chi connectivity index (χ1v) is 7.45. The van der Waals surface area contributed by atoms with Gasteiger partial charge in [0.25, 0.3) is 0 Å². The molecule has 0 aliphatic carbocycles. The topological polar surface area (TPSA) is 75.4 Å². The lowest BCUT2D eigenvalue weighted by Gasteiger charge is -2.07. The summed E-state index contributed by atoms with van der Waals surface area (Å²) in [5.41, 5.74) is 3.69. The van der Waals surface area contributed by atoms with Crippen molar-refractivity contribution in [2.24, 2.45) is 0 Å². The lowest BCUT2D eigenvalue weighted by Crippen LogP contribution is -2.14. The number of nitrogens with one attached hydrogen (secondary N) is 1. The molecule has 1 amide bonds. The smallest absolute Gasteiger partial charge is 0.230 e. The molecule has 2 N–H and O–H groups in total. The normalized spacial score (nSPS) is 10.9. The van der Waals surface area contributed by atoms with E-state index < -0.39 is 0 Å². The monoisotopic (exact) mass is 330 g/mol. The molecule has 1 heterocycles. The van der Waals surface area contributed by atoms with Crippen LogP contribution in [-0.2, 0) is 11.2 Å². The molecule has 0 radical (unpaired) electrons. The number of hydrogen-bond acceptors (Lipinski definition) is 4. The second-order valence-corrected chi connectivity index (χ2v) is 5.88. The quantitative estimate of drug-likeness (QED) is 0.712. The summed E-state index contributed by atoms with van der Waals surface area (Å²) in [5.74, 6) is -0.352. The largest absolute Gasteiger partial charge is 0.506 e. The number of amides is 1. The third-order valence-electron chi connectivity index (χ3n) is 3.72. The van der Waals surface area contributed by atoms with Crippen molar-refractivity contribution >= 4 is 34.2 Å². The molecule has 0 fully saturated rings. The van der Waals surface area contributed by atoms with Gasteiger partial charge in [-0.1, -0.05) is 16.8 Å². The molecule has 0 aliphatic rings. The number of aromatic nitrogens is 1. The zero-order chi connectivity index (χ0) is 16.6. The average Bonchev–Trinajstić information content (AvgIpc) is 2.85. The van der Waals surface area contributed by atoms with Crippen LogP contribution in [0.4, 0.5) is 5.69 Å². The van der Waals surface area contributed by atoms with Gasteiger partial charge < -0.3 is 14.9 Å². The first kappa shape index (κ1) is 15.4. The molecule has 6 heteroatoms. The third-order valence-corrected chi connectivity index (χ3v) is 3.96. The van der Waals surface area contributed by atoms with Crippen LogP contribution in [0.1, 0.15) is 16.8 Å². The Balaban J connectivity index is 1.83. The molecule has 5 nitrogen and oxygen atoms in total. The summed E-state index contributed by atoms with van der Waals surface area (Å²) >= 11 is 5.86. The predicted octanol–water partition coefficient (Wildman–Crippen LogP) is 3.98. The fourth-order valence-corrected chi connectivity index (χ4v) is 2.50. The molecule has 2 aromatic carbocycles. The first-order chi connectivity index (χ1) is 10.9. The Kier molecular flexibility index (Phi) is 3.96. The highest BCUT2D eigenvalue weighted by Crippen LogP contribution is 2.27. The van der Waals surface area contributed by atoms with E-state index in [0.29, 0.717) is 16.3 Å². The maximum absolute atomic E-state index is 12.2. The van der Waals surface area contributed by atoms with Crippen molar-refractivity contribution in [3.63, 3.8) is 0 Å². The van der Waals surface area contributed by atoms with Crippen molar-refractivity contribution in [1.29, 1.82) is 0 Å². The Morgan fingerprint density at radius 3 is 2.78 bits per heavy atom. The standard InChI is InChI=1S/C17H15ClN2O3/c1-9-5-12-13(20-23-16(12)6-10(9)2)8-17(22)19-14-7-11(18)3-4-15(14)21/h3-7,21H,8H2,1-2H3,(H,19,22). The SMILES string of the molecule is Cc1cc2onc(CC(=O)Nc3cc(Cl)ccc3O)c2cc1C. The molecular weight excluding hydrogens is 316 g/mol. The molecule has 0 saturated carbocycles. The molecular formula is C17H15ClN2O3. The van der Waals surface area contributed by atoms with Gasteiger partial charge in [-0.2, -0.15) is 0 Å². The van der Waals surface area contributed by atoms with E-state index in [2.05, 4.69) is 10.5 Å². The number of halogens is 1. The number of phenols is 1. The van der Waals surface area contributed by atoms with Crippen molar-refractivity contribution in [2.45, 2.75) is 20.3 Å². The van der Waals surface area contributed by atoms with Gasteiger partial charge in [0.1, 0.15) is 11.4 Å². The Labute approximate surface area is 137 Å². The zero-order valence-corrected chi connectivity index (χ0v) is 13.4.